The quantitative estimate of drug-likeness (QED) is 0.930. The maximum atomic E-state index is 12.8. The Balaban J connectivity index is 2.51. The van der Waals surface area contributed by atoms with Gasteiger partial charge in [-0.1, -0.05) is 0 Å². The third-order valence-corrected chi connectivity index (χ3v) is 6.05. The van der Waals surface area contributed by atoms with Gasteiger partial charge < -0.3 is 4.74 Å². The highest BCUT2D eigenvalue weighted by Gasteiger charge is 2.23. The number of hydrogen-bond acceptors (Lipinski definition) is 4. The van der Waals surface area contributed by atoms with Crippen molar-refractivity contribution < 1.29 is 13.2 Å². The van der Waals surface area contributed by atoms with E-state index < -0.39 is 10.0 Å². The van der Waals surface area contributed by atoms with E-state index in [9.17, 15) is 8.42 Å². The second-order valence-electron chi connectivity index (χ2n) is 5.65. The summed E-state index contributed by atoms with van der Waals surface area (Å²) >= 11 is 0. The van der Waals surface area contributed by atoms with Crippen LogP contribution in [0.3, 0.4) is 0 Å². The van der Waals surface area contributed by atoms with Crippen LogP contribution >= 0.6 is 0 Å². The second kappa shape index (κ2) is 6.20. The molecule has 124 valence electrons. The SMILES string of the molecule is COc1ccc(NS(=O)(=O)c2c(C)c(C)c(C)c(C)c2C)cn1. The molecule has 0 saturated carbocycles. The molecule has 0 saturated heterocycles. The molecular weight excluding hydrogens is 312 g/mol. The van der Waals surface area contributed by atoms with E-state index in [4.69, 9.17) is 4.74 Å². The van der Waals surface area contributed by atoms with Crippen molar-refractivity contribution in [2.45, 2.75) is 39.5 Å². The van der Waals surface area contributed by atoms with Crippen LogP contribution in [0.15, 0.2) is 23.2 Å². The van der Waals surface area contributed by atoms with Gasteiger partial charge in [0.15, 0.2) is 0 Å². The Bertz CT molecular complexity index is 812. The van der Waals surface area contributed by atoms with E-state index in [0.29, 0.717) is 16.5 Å². The third kappa shape index (κ3) is 3.17. The molecule has 0 radical (unpaired) electrons. The van der Waals surface area contributed by atoms with E-state index in [1.54, 1.807) is 12.1 Å². The van der Waals surface area contributed by atoms with Crippen molar-refractivity contribution in [3.05, 3.63) is 46.1 Å². The minimum absolute atomic E-state index is 0.342. The molecule has 0 unspecified atom stereocenters. The van der Waals surface area contributed by atoms with Crippen LogP contribution in [-0.4, -0.2) is 20.5 Å². The summed E-state index contributed by atoms with van der Waals surface area (Å²) < 4.78 is 33.3. The third-order valence-electron chi connectivity index (χ3n) is 4.40. The topological polar surface area (TPSA) is 68.3 Å². The van der Waals surface area contributed by atoms with Crippen LogP contribution in [0.2, 0.25) is 0 Å². The number of rotatable bonds is 4. The fraction of sp³-hybridized carbons (Fsp3) is 0.353. The normalized spacial score (nSPS) is 11.4. The standard InChI is InChI=1S/C17H22N2O3S/c1-10-11(2)13(4)17(14(5)12(10)3)23(20,21)19-15-7-8-16(22-6)18-9-15/h7-9,19H,1-6H3. The van der Waals surface area contributed by atoms with Gasteiger partial charge in [-0.2, -0.15) is 0 Å². The molecule has 0 aliphatic rings. The molecule has 6 heteroatoms. The molecule has 0 fully saturated rings. The van der Waals surface area contributed by atoms with Gasteiger partial charge in [0.2, 0.25) is 5.88 Å². The van der Waals surface area contributed by atoms with E-state index in [-0.39, 0.29) is 0 Å². The number of nitrogens with zero attached hydrogens (tertiary/aromatic N) is 1. The lowest BCUT2D eigenvalue weighted by molar-refractivity contribution is 0.398. The molecule has 5 nitrogen and oxygen atoms in total. The molecule has 0 aliphatic heterocycles. The number of benzene rings is 1. The number of anilines is 1. The van der Waals surface area contributed by atoms with E-state index in [1.807, 2.05) is 34.6 Å². The second-order valence-corrected chi connectivity index (χ2v) is 7.27. The van der Waals surface area contributed by atoms with Crippen LogP contribution in [0.4, 0.5) is 5.69 Å². The minimum atomic E-state index is -3.69. The van der Waals surface area contributed by atoms with Crippen molar-refractivity contribution in [1.82, 2.24) is 4.98 Å². The monoisotopic (exact) mass is 334 g/mol. The number of sulfonamides is 1. The van der Waals surface area contributed by atoms with Crippen molar-refractivity contribution >= 4 is 15.7 Å². The maximum absolute atomic E-state index is 12.8. The zero-order chi connectivity index (χ0) is 17.4. The molecule has 2 aromatic rings. The average Bonchev–Trinajstić information content (AvgIpc) is 2.51. The van der Waals surface area contributed by atoms with E-state index >= 15 is 0 Å². The molecule has 1 aromatic heterocycles. The van der Waals surface area contributed by atoms with Gasteiger partial charge >= 0.3 is 0 Å². The van der Waals surface area contributed by atoms with Gasteiger partial charge in [0.05, 0.1) is 23.9 Å². The summed E-state index contributed by atoms with van der Waals surface area (Å²) in [6.07, 6.45) is 1.44. The van der Waals surface area contributed by atoms with Crippen LogP contribution in [0, 0.1) is 34.6 Å². The summed E-state index contributed by atoms with van der Waals surface area (Å²) in [6.45, 7) is 9.60. The van der Waals surface area contributed by atoms with Crippen molar-refractivity contribution in [2.24, 2.45) is 0 Å². The fourth-order valence-electron chi connectivity index (χ4n) is 2.64. The Labute approximate surface area is 137 Å². The summed E-state index contributed by atoms with van der Waals surface area (Å²) in [5.41, 5.74) is 5.09. The molecule has 0 bridgehead atoms. The predicted molar refractivity (Wildman–Crippen MR) is 91.7 cm³/mol. The van der Waals surface area contributed by atoms with Gasteiger partial charge in [0.1, 0.15) is 0 Å². The molecule has 1 heterocycles. The van der Waals surface area contributed by atoms with Crippen LogP contribution in [0.1, 0.15) is 27.8 Å². The minimum Gasteiger partial charge on any atom is -0.481 e. The lowest BCUT2D eigenvalue weighted by Crippen LogP contribution is -2.17. The van der Waals surface area contributed by atoms with Crippen molar-refractivity contribution in [3.8, 4) is 5.88 Å². The average molecular weight is 334 g/mol. The Morgan fingerprint density at radius 1 is 0.913 bits per heavy atom. The lowest BCUT2D eigenvalue weighted by atomic mass is 9.95. The maximum Gasteiger partial charge on any atom is 0.262 e. The molecule has 1 aromatic carbocycles. The van der Waals surface area contributed by atoms with Crippen LogP contribution in [0.25, 0.3) is 0 Å². The summed E-state index contributed by atoms with van der Waals surface area (Å²) in [4.78, 5) is 4.36. The molecular formula is C17H22N2O3S. The van der Waals surface area contributed by atoms with Gasteiger partial charge in [-0.25, -0.2) is 13.4 Å². The Morgan fingerprint density at radius 2 is 1.43 bits per heavy atom. The van der Waals surface area contributed by atoms with E-state index in [2.05, 4.69) is 9.71 Å². The van der Waals surface area contributed by atoms with Crippen molar-refractivity contribution in [1.29, 1.82) is 0 Å². The number of nitrogens with one attached hydrogen (secondary N) is 1. The summed E-state index contributed by atoms with van der Waals surface area (Å²) in [5.74, 6) is 0.433. The van der Waals surface area contributed by atoms with Crippen LogP contribution < -0.4 is 9.46 Å². The highest BCUT2D eigenvalue weighted by molar-refractivity contribution is 7.92. The van der Waals surface area contributed by atoms with Gasteiger partial charge in [-0.05, 0) is 68.5 Å². The Hall–Kier alpha value is -2.08. The summed E-state index contributed by atoms with van der Waals surface area (Å²) in [6, 6.07) is 3.24. The van der Waals surface area contributed by atoms with E-state index in [1.165, 1.54) is 13.3 Å². The first-order valence-corrected chi connectivity index (χ1v) is 8.77. The van der Waals surface area contributed by atoms with Gasteiger partial charge in [0, 0.05) is 6.07 Å². The number of methoxy groups -OCH3 is 1. The predicted octanol–water partition coefficient (Wildman–Crippen LogP) is 3.43. The lowest BCUT2D eigenvalue weighted by Gasteiger charge is -2.19. The number of ether oxygens (including phenoxy) is 1. The largest absolute Gasteiger partial charge is 0.481 e. The first kappa shape index (κ1) is 17.3. The molecule has 2 rings (SSSR count). The molecule has 0 atom stereocenters. The first-order valence-electron chi connectivity index (χ1n) is 7.29. The van der Waals surface area contributed by atoms with Crippen LogP contribution in [-0.2, 0) is 10.0 Å². The number of hydrogen-bond donors (Lipinski definition) is 1. The Morgan fingerprint density at radius 3 is 1.87 bits per heavy atom. The van der Waals surface area contributed by atoms with Crippen LogP contribution in [0.5, 0.6) is 5.88 Å². The first-order chi connectivity index (χ1) is 10.7. The molecule has 1 N–H and O–H groups in total. The molecule has 0 spiro atoms. The molecule has 0 aliphatic carbocycles. The number of aromatic nitrogens is 1. The van der Waals surface area contributed by atoms with Crippen molar-refractivity contribution in [2.75, 3.05) is 11.8 Å². The van der Waals surface area contributed by atoms with Gasteiger partial charge in [-0.15, -0.1) is 0 Å². The summed E-state index contributed by atoms with van der Waals surface area (Å²) in [7, 11) is -2.18. The van der Waals surface area contributed by atoms with E-state index in [0.717, 1.165) is 27.8 Å². The highest BCUT2D eigenvalue weighted by Crippen LogP contribution is 2.30. The summed E-state index contributed by atoms with van der Waals surface area (Å²) in [5, 5.41) is 0. The van der Waals surface area contributed by atoms with Gasteiger partial charge in [0.25, 0.3) is 10.0 Å². The molecule has 0 amide bonds. The zero-order valence-corrected chi connectivity index (χ0v) is 15.1. The molecule has 23 heavy (non-hydrogen) atoms. The highest BCUT2D eigenvalue weighted by atomic mass is 32.2. The zero-order valence-electron chi connectivity index (χ0n) is 14.3. The fourth-order valence-corrected chi connectivity index (χ4v) is 4.28. The van der Waals surface area contributed by atoms with Gasteiger partial charge in [-0.3, -0.25) is 4.72 Å². The smallest absolute Gasteiger partial charge is 0.262 e. The van der Waals surface area contributed by atoms with Crippen molar-refractivity contribution in [3.63, 3.8) is 0 Å². The Kier molecular flexibility index (Phi) is 4.66. The number of pyridine rings is 1.